The van der Waals surface area contributed by atoms with Crippen LogP contribution in [0.25, 0.3) is 0 Å². The third-order valence-corrected chi connectivity index (χ3v) is 5.74. The lowest BCUT2D eigenvalue weighted by molar-refractivity contribution is -0.145. The fourth-order valence-corrected chi connectivity index (χ4v) is 4.02. The summed E-state index contributed by atoms with van der Waals surface area (Å²) in [6.07, 6.45) is 0.910. The highest BCUT2D eigenvalue weighted by Gasteiger charge is 2.38. The molecule has 1 aromatic rings. The minimum Gasteiger partial charge on any atom is -0.444 e. The molecule has 198 valence electrons. The van der Waals surface area contributed by atoms with Gasteiger partial charge in [-0.2, -0.15) is 12.6 Å². The summed E-state index contributed by atoms with van der Waals surface area (Å²) in [5.41, 5.74) is 1.01. The Morgan fingerprint density at radius 3 is 2.14 bits per heavy atom. The van der Waals surface area contributed by atoms with Crippen LogP contribution in [-0.2, 0) is 14.3 Å². The predicted molar refractivity (Wildman–Crippen MR) is 145 cm³/mol. The Balaban J connectivity index is 3.50. The molecule has 0 radical (unpaired) electrons. The second-order valence-corrected chi connectivity index (χ2v) is 11.3. The molecule has 8 heteroatoms. The second-order valence-electron chi connectivity index (χ2n) is 10.9. The van der Waals surface area contributed by atoms with Gasteiger partial charge in [0.15, 0.2) is 0 Å². The van der Waals surface area contributed by atoms with E-state index in [0.29, 0.717) is 12.3 Å². The number of thiol groups is 1. The third kappa shape index (κ3) is 10.5. The SMILES string of the molecule is Cc1cccc(C(C(=O)NC(C)C)N(C(=O)C(CS)NC(=O)OC(C)(C)C)C(C)CCC(C)C)c1. The van der Waals surface area contributed by atoms with E-state index in [0.717, 1.165) is 17.5 Å². The van der Waals surface area contributed by atoms with Gasteiger partial charge in [0.05, 0.1) is 0 Å². The van der Waals surface area contributed by atoms with Crippen molar-refractivity contribution in [3.63, 3.8) is 0 Å². The summed E-state index contributed by atoms with van der Waals surface area (Å²) in [6, 6.07) is 5.48. The lowest BCUT2D eigenvalue weighted by Crippen LogP contribution is -2.56. The molecule has 0 bridgehead atoms. The molecule has 1 rings (SSSR count). The maximum absolute atomic E-state index is 14.0. The Kier molecular flexibility index (Phi) is 12.1. The molecule has 3 unspecified atom stereocenters. The van der Waals surface area contributed by atoms with E-state index in [9.17, 15) is 14.4 Å². The number of alkyl carbamates (subject to hydrolysis) is 1. The molecule has 0 heterocycles. The van der Waals surface area contributed by atoms with Crippen LogP contribution >= 0.6 is 12.6 Å². The molecule has 1 aromatic carbocycles. The van der Waals surface area contributed by atoms with Crippen molar-refractivity contribution in [1.29, 1.82) is 0 Å². The fraction of sp³-hybridized carbons (Fsp3) is 0.667. The smallest absolute Gasteiger partial charge is 0.408 e. The number of benzene rings is 1. The van der Waals surface area contributed by atoms with E-state index >= 15 is 0 Å². The lowest BCUT2D eigenvalue weighted by Gasteiger charge is -2.39. The van der Waals surface area contributed by atoms with Gasteiger partial charge in [-0.15, -0.1) is 0 Å². The zero-order valence-electron chi connectivity index (χ0n) is 22.8. The molecule has 7 nitrogen and oxygen atoms in total. The number of hydrogen-bond donors (Lipinski definition) is 3. The van der Waals surface area contributed by atoms with Gasteiger partial charge in [-0.1, -0.05) is 43.7 Å². The van der Waals surface area contributed by atoms with Crippen LogP contribution in [0.2, 0.25) is 0 Å². The lowest BCUT2D eigenvalue weighted by atomic mass is 9.96. The number of aryl methyl sites for hydroxylation is 1. The van der Waals surface area contributed by atoms with Crippen molar-refractivity contribution in [2.24, 2.45) is 5.92 Å². The van der Waals surface area contributed by atoms with E-state index in [1.807, 2.05) is 52.0 Å². The zero-order chi connectivity index (χ0) is 26.9. The molecule has 0 fully saturated rings. The Hall–Kier alpha value is -2.22. The number of ether oxygens (including phenoxy) is 1. The number of rotatable bonds is 11. The summed E-state index contributed by atoms with van der Waals surface area (Å²) in [5, 5.41) is 5.64. The summed E-state index contributed by atoms with van der Waals surface area (Å²) in [7, 11) is 0. The van der Waals surface area contributed by atoms with Crippen molar-refractivity contribution < 1.29 is 19.1 Å². The van der Waals surface area contributed by atoms with Crippen LogP contribution in [0.4, 0.5) is 4.79 Å². The summed E-state index contributed by atoms with van der Waals surface area (Å²) in [4.78, 5) is 41.6. The van der Waals surface area contributed by atoms with Crippen LogP contribution in [0.3, 0.4) is 0 Å². The molecule has 35 heavy (non-hydrogen) atoms. The fourth-order valence-electron chi connectivity index (χ4n) is 3.77. The van der Waals surface area contributed by atoms with Crippen LogP contribution in [0, 0.1) is 12.8 Å². The molecular formula is C27H45N3O4S. The van der Waals surface area contributed by atoms with Gasteiger partial charge in [0.1, 0.15) is 17.7 Å². The van der Waals surface area contributed by atoms with E-state index in [1.165, 1.54) is 0 Å². The summed E-state index contributed by atoms with van der Waals surface area (Å²) in [6.45, 7) is 17.2. The van der Waals surface area contributed by atoms with E-state index in [2.05, 4.69) is 37.1 Å². The zero-order valence-corrected chi connectivity index (χ0v) is 23.7. The van der Waals surface area contributed by atoms with Crippen molar-refractivity contribution in [2.45, 2.75) is 105 Å². The van der Waals surface area contributed by atoms with Crippen LogP contribution in [0.15, 0.2) is 24.3 Å². The van der Waals surface area contributed by atoms with Gasteiger partial charge >= 0.3 is 6.09 Å². The van der Waals surface area contributed by atoms with Crippen LogP contribution in [0.1, 0.15) is 85.4 Å². The van der Waals surface area contributed by atoms with Crippen molar-refractivity contribution in [2.75, 3.05) is 5.75 Å². The average molecular weight is 508 g/mol. The maximum Gasteiger partial charge on any atom is 0.408 e. The standard InChI is InChI=1S/C27H45N3O4S/c1-17(2)13-14-20(6)30(25(32)22(16-35)29-26(33)34-27(7,8)9)23(24(31)28-18(3)4)21-12-10-11-19(5)15-21/h10-12,15,17-18,20,22-23,35H,13-14,16H2,1-9H3,(H,28,31)(H,29,33). The molecule has 0 aliphatic rings. The normalized spacial score (nSPS) is 14.3. The third-order valence-electron chi connectivity index (χ3n) is 5.38. The van der Waals surface area contributed by atoms with E-state index in [4.69, 9.17) is 4.74 Å². The maximum atomic E-state index is 14.0. The monoisotopic (exact) mass is 507 g/mol. The summed E-state index contributed by atoms with van der Waals surface area (Å²) >= 11 is 4.35. The van der Waals surface area contributed by atoms with E-state index in [-0.39, 0.29) is 29.7 Å². The number of hydrogen-bond acceptors (Lipinski definition) is 5. The van der Waals surface area contributed by atoms with Gasteiger partial charge in [0.25, 0.3) is 0 Å². The number of amides is 3. The first-order chi connectivity index (χ1) is 16.2. The second kappa shape index (κ2) is 13.8. The quantitative estimate of drug-likeness (QED) is 0.366. The van der Waals surface area contributed by atoms with Gasteiger partial charge in [-0.05, 0) is 72.8 Å². The first-order valence-corrected chi connectivity index (χ1v) is 13.1. The molecule has 0 saturated heterocycles. The summed E-state index contributed by atoms with van der Waals surface area (Å²) in [5.74, 6) is -0.118. The molecule has 0 spiro atoms. The van der Waals surface area contributed by atoms with Gasteiger partial charge in [-0.3, -0.25) is 9.59 Å². The van der Waals surface area contributed by atoms with E-state index in [1.54, 1.807) is 25.7 Å². The largest absolute Gasteiger partial charge is 0.444 e. The Morgan fingerprint density at radius 1 is 1.03 bits per heavy atom. The van der Waals surface area contributed by atoms with Crippen molar-refractivity contribution in [1.82, 2.24) is 15.5 Å². The minimum atomic E-state index is -0.950. The first kappa shape index (κ1) is 30.8. The summed E-state index contributed by atoms with van der Waals surface area (Å²) < 4.78 is 5.37. The van der Waals surface area contributed by atoms with Crippen LogP contribution in [0.5, 0.6) is 0 Å². The molecular weight excluding hydrogens is 462 g/mol. The van der Waals surface area contributed by atoms with Crippen molar-refractivity contribution in [3.05, 3.63) is 35.4 Å². The molecule has 0 aliphatic heterocycles. The van der Waals surface area contributed by atoms with Crippen molar-refractivity contribution in [3.8, 4) is 0 Å². The van der Waals surface area contributed by atoms with E-state index < -0.39 is 23.8 Å². The van der Waals surface area contributed by atoms with Crippen LogP contribution < -0.4 is 10.6 Å². The Morgan fingerprint density at radius 2 is 1.66 bits per heavy atom. The van der Waals surface area contributed by atoms with Crippen LogP contribution in [-0.4, -0.2) is 52.3 Å². The molecule has 0 saturated carbocycles. The number of nitrogens with zero attached hydrogens (tertiary/aromatic N) is 1. The molecule has 2 N–H and O–H groups in total. The van der Waals surface area contributed by atoms with Gasteiger partial charge in [0.2, 0.25) is 11.8 Å². The Labute approximate surface area is 217 Å². The van der Waals surface area contributed by atoms with Gasteiger partial charge in [-0.25, -0.2) is 4.79 Å². The topological polar surface area (TPSA) is 87.7 Å². The highest BCUT2D eigenvalue weighted by Crippen LogP contribution is 2.28. The van der Waals surface area contributed by atoms with Gasteiger partial charge < -0.3 is 20.3 Å². The minimum absolute atomic E-state index is 0.0673. The van der Waals surface area contributed by atoms with Crippen molar-refractivity contribution >= 4 is 30.5 Å². The first-order valence-electron chi connectivity index (χ1n) is 12.5. The molecule has 3 atom stereocenters. The number of carbonyl (C=O) groups excluding carboxylic acids is 3. The molecule has 0 aromatic heterocycles. The Bertz CT molecular complexity index is 851. The highest BCUT2D eigenvalue weighted by atomic mass is 32.1. The molecule has 0 aliphatic carbocycles. The average Bonchev–Trinajstić information content (AvgIpc) is 2.71. The van der Waals surface area contributed by atoms with Gasteiger partial charge in [0, 0.05) is 17.8 Å². The number of nitrogens with one attached hydrogen (secondary N) is 2. The predicted octanol–water partition coefficient (Wildman–Crippen LogP) is 5.04. The highest BCUT2D eigenvalue weighted by molar-refractivity contribution is 7.80. The molecule has 3 amide bonds. The number of carbonyl (C=O) groups is 3.